The molecule has 3 N–H and O–H groups in total. The zero-order valence-electron chi connectivity index (χ0n) is 30.7. The number of quaternary nitrogens is 1. The number of carbonyl (C=O) groups excluding carboxylic acids is 1. The van der Waals surface area contributed by atoms with Gasteiger partial charge < -0.3 is 19.8 Å². The second-order valence-electron chi connectivity index (χ2n) is 12.8. The van der Waals surface area contributed by atoms with Crippen LogP contribution in [0.4, 0.5) is 0 Å². The Morgan fingerprint density at radius 3 is 1.81 bits per heavy atom. The largest absolute Gasteiger partial charge is 0.472 e. The Kier molecular flexibility index (Phi) is 29.2. The number of phosphoric acid groups is 1. The highest BCUT2D eigenvalue weighted by atomic mass is 31.2. The van der Waals surface area contributed by atoms with E-state index in [2.05, 4.69) is 79.9 Å². The number of nitrogens with zero attached hydrogens (tertiary/aromatic N) is 1. The van der Waals surface area contributed by atoms with Crippen LogP contribution in [0, 0.1) is 0 Å². The van der Waals surface area contributed by atoms with Crippen molar-refractivity contribution < 1.29 is 32.9 Å². The molecule has 3 unspecified atom stereocenters. The molecule has 1 amide bonds. The molecule has 0 spiro atoms. The van der Waals surface area contributed by atoms with E-state index in [-0.39, 0.29) is 25.5 Å². The maximum Gasteiger partial charge on any atom is 0.472 e. The van der Waals surface area contributed by atoms with E-state index in [0.29, 0.717) is 17.4 Å². The van der Waals surface area contributed by atoms with Gasteiger partial charge in [0.25, 0.3) is 0 Å². The van der Waals surface area contributed by atoms with Gasteiger partial charge in [-0.05, 0) is 70.6 Å². The van der Waals surface area contributed by atoms with Crippen LogP contribution in [0.1, 0.15) is 104 Å². The SMILES string of the molecule is CC/C=C\C/C=C\C/C=C\C/C=C\CCC(=O)NC(COP(=O)(O)OCC[N+](C)(C)C)C(O)/C=C/CC/C=C/CC/C=C/CCCCC. The van der Waals surface area contributed by atoms with Gasteiger partial charge in [0.2, 0.25) is 5.91 Å². The van der Waals surface area contributed by atoms with Crippen molar-refractivity contribution in [2.24, 2.45) is 0 Å². The maximum atomic E-state index is 12.7. The van der Waals surface area contributed by atoms with E-state index in [1.807, 2.05) is 39.4 Å². The smallest absolute Gasteiger partial charge is 0.387 e. The highest BCUT2D eigenvalue weighted by Crippen LogP contribution is 2.43. The number of hydrogen-bond donors (Lipinski definition) is 3. The van der Waals surface area contributed by atoms with Crippen LogP contribution in [-0.4, -0.2) is 73.4 Å². The van der Waals surface area contributed by atoms with Crippen LogP contribution in [0.25, 0.3) is 0 Å². The van der Waals surface area contributed by atoms with Crippen LogP contribution >= 0.6 is 7.82 Å². The van der Waals surface area contributed by atoms with E-state index in [0.717, 1.165) is 57.8 Å². The number of hydrogen-bond acceptors (Lipinski definition) is 5. The third-order valence-corrected chi connectivity index (χ3v) is 8.07. The number of nitrogens with one attached hydrogen (secondary N) is 1. The Labute approximate surface area is 293 Å². The average Bonchev–Trinajstić information content (AvgIpc) is 3.02. The van der Waals surface area contributed by atoms with E-state index in [4.69, 9.17) is 9.05 Å². The minimum absolute atomic E-state index is 0.0361. The molecule has 9 heteroatoms. The van der Waals surface area contributed by atoms with Gasteiger partial charge in [0.15, 0.2) is 0 Å². The maximum absolute atomic E-state index is 12.7. The fourth-order valence-electron chi connectivity index (χ4n) is 4.20. The summed E-state index contributed by atoms with van der Waals surface area (Å²) in [6.45, 7) is 4.52. The molecule has 0 saturated carbocycles. The van der Waals surface area contributed by atoms with Crippen LogP contribution in [0.5, 0.6) is 0 Å². The van der Waals surface area contributed by atoms with Gasteiger partial charge in [-0.2, -0.15) is 0 Å². The molecule has 0 aliphatic rings. The van der Waals surface area contributed by atoms with Crippen molar-refractivity contribution >= 4 is 13.7 Å². The van der Waals surface area contributed by atoms with Crippen molar-refractivity contribution in [2.45, 2.75) is 116 Å². The molecule has 0 aromatic rings. The number of carbonyl (C=O) groups is 1. The molecule has 0 rings (SSSR count). The van der Waals surface area contributed by atoms with Crippen molar-refractivity contribution in [3.8, 4) is 0 Å². The molecular formula is C39H68N2O6P+. The van der Waals surface area contributed by atoms with E-state index in [1.54, 1.807) is 6.08 Å². The number of allylic oxidation sites excluding steroid dienone is 13. The number of rotatable bonds is 30. The summed E-state index contributed by atoms with van der Waals surface area (Å²) in [5.41, 5.74) is 0. The van der Waals surface area contributed by atoms with Crippen LogP contribution in [0.15, 0.2) is 85.1 Å². The fourth-order valence-corrected chi connectivity index (χ4v) is 4.93. The molecular weight excluding hydrogens is 623 g/mol. The number of aliphatic hydroxyl groups is 1. The first-order valence-corrected chi connectivity index (χ1v) is 19.5. The van der Waals surface area contributed by atoms with Gasteiger partial charge in [-0.25, -0.2) is 4.57 Å². The summed E-state index contributed by atoms with van der Waals surface area (Å²) in [6.07, 6.45) is 41.0. The first kappa shape index (κ1) is 45.7. The predicted octanol–water partition coefficient (Wildman–Crippen LogP) is 9.07. The van der Waals surface area contributed by atoms with Gasteiger partial charge in [-0.15, -0.1) is 0 Å². The van der Waals surface area contributed by atoms with Gasteiger partial charge >= 0.3 is 7.82 Å². The highest BCUT2D eigenvalue weighted by Gasteiger charge is 2.27. The topological polar surface area (TPSA) is 105 Å². The van der Waals surface area contributed by atoms with Crippen LogP contribution < -0.4 is 5.32 Å². The number of amides is 1. The van der Waals surface area contributed by atoms with E-state index >= 15 is 0 Å². The monoisotopic (exact) mass is 691 g/mol. The second-order valence-corrected chi connectivity index (χ2v) is 14.3. The Morgan fingerprint density at radius 1 is 0.729 bits per heavy atom. The molecule has 0 fully saturated rings. The lowest BCUT2D eigenvalue weighted by Crippen LogP contribution is -2.45. The molecule has 8 nitrogen and oxygen atoms in total. The van der Waals surface area contributed by atoms with Crippen molar-refractivity contribution in [3.05, 3.63) is 85.1 Å². The van der Waals surface area contributed by atoms with Gasteiger partial charge in [0.05, 0.1) is 39.9 Å². The van der Waals surface area contributed by atoms with Crippen molar-refractivity contribution in [2.75, 3.05) is 40.9 Å². The molecule has 0 aromatic carbocycles. The number of aliphatic hydroxyl groups excluding tert-OH is 1. The quantitative estimate of drug-likeness (QED) is 0.0301. The average molecular weight is 692 g/mol. The molecule has 0 heterocycles. The van der Waals surface area contributed by atoms with E-state index < -0.39 is 20.0 Å². The second kappa shape index (κ2) is 30.7. The molecule has 0 aromatic heterocycles. The predicted molar refractivity (Wildman–Crippen MR) is 203 cm³/mol. The van der Waals surface area contributed by atoms with E-state index in [1.165, 1.54) is 19.3 Å². The molecule has 0 radical (unpaired) electrons. The lowest BCUT2D eigenvalue weighted by Gasteiger charge is -2.25. The lowest BCUT2D eigenvalue weighted by atomic mass is 10.1. The minimum atomic E-state index is -4.36. The van der Waals surface area contributed by atoms with Crippen molar-refractivity contribution in [3.63, 3.8) is 0 Å². The lowest BCUT2D eigenvalue weighted by molar-refractivity contribution is -0.870. The van der Waals surface area contributed by atoms with Crippen molar-refractivity contribution in [1.29, 1.82) is 0 Å². The normalized spacial score (nSPS) is 15.7. The number of unbranched alkanes of at least 4 members (excludes halogenated alkanes) is 5. The summed E-state index contributed by atoms with van der Waals surface area (Å²) in [6, 6.07) is -0.909. The Balaban J connectivity index is 4.81. The summed E-state index contributed by atoms with van der Waals surface area (Å²) in [5, 5.41) is 13.6. The Morgan fingerprint density at radius 2 is 1.25 bits per heavy atom. The third kappa shape index (κ3) is 32.2. The first-order chi connectivity index (χ1) is 23.0. The standard InChI is InChI=1S/C39H67N2O6P/c1-6-8-10-12-14-16-18-20-22-24-26-28-30-32-38(42)37(36-47-48(44,45)46-35-34-41(3,4)5)40-39(43)33-31-29-27-25-23-21-19-17-15-13-11-9-7-2/h9,11,14-17,21-24,27,29-30,32,37-38,42H,6-8,10,12-13,18-20,25-26,28,31,33-36H2,1-5H3,(H-,40,43,44,45)/p+1/b11-9-,16-14+,17-15-,23-21-,24-22+,29-27-,32-30+. The summed E-state index contributed by atoms with van der Waals surface area (Å²) >= 11 is 0. The number of likely N-dealkylation sites (N-methyl/N-ethyl adjacent to an activating group) is 1. The minimum Gasteiger partial charge on any atom is -0.387 e. The fraction of sp³-hybridized carbons (Fsp3) is 0.615. The van der Waals surface area contributed by atoms with Crippen LogP contribution in [0.3, 0.4) is 0 Å². The Hall–Kier alpha value is -2.32. The summed E-state index contributed by atoms with van der Waals surface area (Å²) in [4.78, 5) is 22.9. The molecule has 0 bridgehead atoms. The summed E-state index contributed by atoms with van der Waals surface area (Å²) < 4.78 is 23.3. The zero-order valence-corrected chi connectivity index (χ0v) is 31.6. The zero-order chi connectivity index (χ0) is 35.8. The van der Waals surface area contributed by atoms with Crippen LogP contribution in [-0.2, 0) is 18.4 Å². The van der Waals surface area contributed by atoms with Gasteiger partial charge in [0, 0.05) is 6.42 Å². The third-order valence-electron chi connectivity index (χ3n) is 7.09. The molecule has 274 valence electrons. The molecule has 48 heavy (non-hydrogen) atoms. The highest BCUT2D eigenvalue weighted by molar-refractivity contribution is 7.47. The Bertz CT molecular complexity index is 1060. The van der Waals surface area contributed by atoms with Crippen LogP contribution in [0.2, 0.25) is 0 Å². The van der Waals surface area contributed by atoms with Gasteiger partial charge in [-0.3, -0.25) is 13.8 Å². The first-order valence-electron chi connectivity index (χ1n) is 18.0. The molecule has 0 saturated heterocycles. The van der Waals surface area contributed by atoms with Gasteiger partial charge in [0.1, 0.15) is 13.2 Å². The van der Waals surface area contributed by atoms with Gasteiger partial charge in [-0.1, -0.05) is 112 Å². The van der Waals surface area contributed by atoms with Crippen molar-refractivity contribution in [1.82, 2.24) is 5.32 Å². The molecule has 3 atom stereocenters. The van der Waals surface area contributed by atoms with E-state index in [9.17, 15) is 19.4 Å². The molecule has 0 aliphatic carbocycles. The summed E-state index contributed by atoms with van der Waals surface area (Å²) in [7, 11) is 1.48. The number of phosphoric ester groups is 1. The molecule has 0 aliphatic heterocycles. The summed E-state index contributed by atoms with van der Waals surface area (Å²) in [5.74, 6) is -0.278.